The summed E-state index contributed by atoms with van der Waals surface area (Å²) < 4.78 is 0. The molecule has 1 amide bonds. The first-order chi connectivity index (χ1) is 9.40. The fourth-order valence-corrected chi connectivity index (χ4v) is 1.58. The molecule has 0 bridgehead atoms. The number of nitro benzene ring substituents is 1. The van der Waals surface area contributed by atoms with E-state index < -0.39 is 16.9 Å². The fourth-order valence-electron chi connectivity index (χ4n) is 1.58. The number of non-ortho nitro benzene ring substituents is 1. The van der Waals surface area contributed by atoms with Crippen molar-refractivity contribution in [2.45, 2.75) is 26.3 Å². The van der Waals surface area contributed by atoms with Gasteiger partial charge in [0.25, 0.3) is 5.69 Å². The molecule has 0 spiro atoms. The monoisotopic (exact) mass is 276 g/mol. The third-order valence-electron chi connectivity index (χ3n) is 3.15. The molecule has 7 heteroatoms. The second-order valence-electron chi connectivity index (χ2n) is 4.50. The third kappa shape index (κ3) is 3.52. The summed E-state index contributed by atoms with van der Waals surface area (Å²) in [5.41, 5.74) is 5.84. The van der Waals surface area contributed by atoms with Crippen molar-refractivity contribution in [1.82, 2.24) is 0 Å². The fraction of sp³-hybridized carbons (Fsp3) is 0.385. The van der Waals surface area contributed by atoms with Crippen LogP contribution in [-0.2, 0) is 4.79 Å². The molecular formula is C13H16N4O3. The molecule has 0 aliphatic heterocycles. The lowest BCUT2D eigenvalue weighted by Gasteiger charge is -2.18. The van der Waals surface area contributed by atoms with Gasteiger partial charge in [0.2, 0.25) is 5.91 Å². The van der Waals surface area contributed by atoms with Crippen LogP contribution in [0, 0.1) is 27.4 Å². The van der Waals surface area contributed by atoms with E-state index in [2.05, 4.69) is 5.32 Å². The second kappa shape index (κ2) is 6.63. The van der Waals surface area contributed by atoms with Crippen LogP contribution in [0.25, 0.3) is 0 Å². The molecule has 1 aromatic rings. The number of anilines is 1. The van der Waals surface area contributed by atoms with Crippen molar-refractivity contribution in [1.29, 1.82) is 5.26 Å². The Bertz CT molecular complexity index is 565. The number of amides is 1. The number of nitrogens with two attached hydrogens (primary N) is 1. The summed E-state index contributed by atoms with van der Waals surface area (Å²) in [7, 11) is 0. The van der Waals surface area contributed by atoms with Gasteiger partial charge in [-0.3, -0.25) is 14.9 Å². The molecule has 1 aromatic carbocycles. The molecule has 0 heterocycles. The van der Waals surface area contributed by atoms with E-state index in [0.29, 0.717) is 0 Å². The van der Waals surface area contributed by atoms with Gasteiger partial charge >= 0.3 is 0 Å². The molecule has 0 aromatic heterocycles. The predicted molar refractivity (Wildman–Crippen MR) is 73.9 cm³/mol. The minimum absolute atomic E-state index is 0.00131. The van der Waals surface area contributed by atoms with Crippen molar-refractivity contribution in [2.75, 3.05) is 5.32 Å². The largest absolute Gasteiger partial charge is 0.324 e. The number of nitrogens with one attached hydrogen (secondary N) is 1. The van der Waals surface area contributed by atoms with Gasteiger partial charge in [-0.15, -0.1) is 0 Å². The lowest BCUT2D eigenvalue weighted by Crippen LogP contribution is -2.40. The smallest absolute Gasteiger partial charge is 0.270 e. The van der Waals surface area contributed by atoms with Crippen LogP contribution in [0.15, 0.2) is 18.2 Å². The molecule has 1 rings (SSSR count). The third-order valence-corrected chi connectivity index (χ3v) is 3.15. The predicted octanol–water partition coefficient (Wildman–Crippen LogP) is 1.78. The first kappa shape index (κ1) is 15.6. The molecule has 0 saturated heterocycles. The standard InChI is InChI=1S/C13H16N4O3/c1-3-8(2)12(15)13(18)16-11-5-4-10(17(19)20)6-9(11)7-14/h4-6,8,12H,3,15H2,1-2H3,(H,16,18)/t8?,12-/m0/s1. The summed E-state index contributed by atoms with van der Waals surface area (Å²) >= 11 is 0. The van der Waals surface area contributed by atoms with E-state index in [1.54, 1.807) is 0 Å². The minimum Gasteiger partial charge on any atom is -0.324 e. The Hall–Kier alpha value is -2.46. The quantitative estimate of drug-likeness (QED) is 0.627. The topological polar surface area (TPSA) is 122 Å². The molecule has 20 heavy (non-hydrogen) atoms. The highest BCUT2D eigenvalue weighted by Crippen LogP contribution is 2.22. The highest BCUT2D eigenvalue weighted by atomic mass is 16.6. The van der Waals surface area contributed by atoms with Gasteiger partial charge in [-0.05, 0) is 12.0 Å². The van der Waals surface area contributed by atoms with E-state index in [4.69, 9.17) is 11.0 Å². The average molecular weight is 276 g/mol. The summed E-state index contributed by atoms with van der Waals surface area (Å²) in [6.45, 7) is 3.77. The molecular weight excluding hydrogens is 260 g/mol. The van der Waals surface area contributed by atoms with Gasteiger partial charge in [-0.2, -0.15) is 5.26 Å². The Labute approximate surface area is 116 Å². The van der Waals surface area contributed by atoms with Crippen molar-refractivity contribution >= 4 is 17.3 Å². The van der Waals surface area contributed by atoms with Crippen LogP contribution in [0.5, 0.6) is 0 Å². The zero-order valence-electron chi connectivity index (χ0n) is 11.3. The van der Waals surface area contributed by atoms with E-state index in [0.717, 1.165) is 12.5 Å². The average Bonchev–Trinajstić information content (AvgIpc) is 2.45. The lowest BCUT2D eigenvalue weighted by atomic mass is 9.99. The number of carbonyl (C=O) groups is 1. The molecule has 1 unspecified atom stereocenters. The summed E-state index contributed by atoms with van der Waals surface area (Å²) in [4.78, 5) is 21.9. The van der Waals surface area contributed by atoms with Crippen molar-refractivity contribution in [3.8, 4) is 6.07 Å². The van der Waals surface area contributed by atoms with Crippen LogP contribution in [0.1, 0.15) is 25.8 Å². The Morgan fingerprint density at radius 3 is 2.75 bits per heavy atom. The Morgan fingerprint density at radius 1 is 1.60 bits per heavy atom. The molecule has 0 aliphatic carbocycles. The van der Waals surface area contributed by atoms with Crippen molar-refractivity contribution < 1.29 is 9.72 Å². The normalized spacial score (nSPS) is 13.1. The molecule has 0 saturated carbocycles. The number of rotatable bonds is 5. The number of nitro groups is 1. The van der Waals surface area contributed by atoms with Gasteiger partial charge in [0.1, 0.15) is 6.07 Å². The molecule has 2 atom stereocenters. The molecule has 7 nitrogen and oxygen atoms in total. The van der Waals surface area contributed by atoms with Crippen molar-refractivity contribution in [3.63, 3.8) is 0 Å². The summed E-state index contributed by atoms with van der Waals surface area (Å²) in [6.07, 6.45) is 0.750. The maximum Gasteiger partial charge on any atom is 0.270 e. The second-order valence-corrected chi connectivity index (χ2v) is 4.50. The molecule has 0 fully saturated rings. The van der Waals surface area contributed by atoms with Crippen molar-refractivity contribution in [3.05, 3.63) is 33.9 Å². The van der Waals surface area contributed by atoms with Crippen LogP contribution >= 0.6 is 0 Å². The van der Waals surface area contributed by atoms with Gasteiger partial charge in [0.15, 0.2) is 0 Å². The maximum atomic E-state index is 11.9. The van der Waals surface area contributed by atoms with Gasteiger partial charge in [-0.1, -0.05) is 20.3 Å². The number of hydrogen-bond acceptors (Lipinski definition) is 5. The molecule has 106 valence electrons. The number of hydrogen-bond donors (Lipinski definition) is 2. The van der Waals surface area contributed by atoms with Crippen LogP contribution in [0.2, 0.25) is 0 Å². The Kier molecular flexibility index (Phi) is 5.17. The van der Waals surface area contributed by atoms with E-state index in [1.165, 1.54) is 12.1 Å². The lowest BCUT2D eigenvalue weighted by molar-refractivity contribution is -0.384. The minimum atomic E-state index is -0.693. The van der Waals surface area contributed by atoms with Crippen LogP contribution in [-0.4, -0.2) is 16.9 Å². The number of nitrogens with zero attached hydrogens (tertiary/aromatic N) is 2. The molecule has 3 N–H and O–H groups in total. The summed E-state index contributed by atoms with van der Waals surface area (Å²) in [5, 5.41) is 22.1. The van der Waals surface area contributed by atoms with Crippen LogP contribution < -0.4 is 11.1 Å². The highest BCUT2D eigenvalue weighted by molar-refractivity contribution is 5.96. The molecule has 0 aliphatic rings. The first-order valence-electron chi connectivity index (χ1n) is 6.15. The summed E-state index contributed by atoms with van der Waals surface area (Å²) in [6, 6.07) is 4.80. The van der Waals surface area contributed by atoms with Gasteiger partial charge < -0.3 is 11.1 Å². The highest BCUT2D eigenvalue weighted by Gasteiger charge is 2.21. The Morgan fingerprint density at radius 2 is 2.25 bits per heavy atom. The Balaban J connectivity index is 2.96. The van der Waals surface area contributed by atoms with Crippen LogP contribution in [0.3, 0.4) is 0 Å². The van der Waals surface area contributed by atoms with Crippen LogP contribution in [0.4, 0.5) is 11.4 Å². The summed E-state index contributed by atoms with van der Waals surface area (Å²) in [5.74, 6) is -0.414. The van der Waals surface area contributed by atoms with E-state index >= 15 is 0 Å². The maximum absolute atomic E-state index is 11.9. The van der Waals surface area contributed by atoms with Gasteiger partial charge in [0, 0.05) is 12.1 Å². The van der Waals surface area contributed by atoms with E-state index in [-0.39, 0.29) is 22.9 Å². The zero-order valence-corrected chi connectivity index (χ0v) is 11.3. The number of nitriles is 1. The van der Waals surface area contributed by atoms with Crippen molar-refractivity contribution in [2.24, 2.45) is 11.7 Å². The van der Waals surface area contributed by atoms with E-state index in [9.17, 15) is 14.9 Å². The first-order valence-corrected chi connectivity index (χ1v) is 6.15. The van der Waals surface area contributed by atoms with Gasteiger partial charge in [-0.25, -0.2) is 0 Å². The zero-order chi connectivity index (χ0) is 15.3. The number of carbonyl (C=O) groups excluding carboxylic acids is 1. The molecule has 0 radical (unpaired) electrons. The van der Waals surface area contributed by atoms with E-state index in [1.807, 2.05) is 19.9 Å². The number of benzene rings is 1. The van der Waals surface area contributed by atoms with Gasteiger partial charge in [0.05, 0.1) is 22.2 Å². The SMILES string of the molecule is CCC(C)[C@H](N)C(=O)Nc1ccc([N+](=O)[O-])cc1C#N.